The Bertz CT molecular complexity index is 932. The van der Waals surface area contributed by atoms with E-state index in [0.717, 1.165) is 7.11 Å². The molecule has 29 heavy (non-hydrogen) atoms. The van der Waals surface area contributed by atoms with Gasteiger partial charge in [-0.2, -0.15) is 0 Å². The van der Waals surface area contributed by atoms with Crippen molar-refractivity contribution in [2.24, 2.45) is 0 Å². The summed E-state index contributed by atoms with van der Waals surface area (Å²) in [5.74, 6) is -2.18. The van der Waals surface area contributed by atoms with E-state index in [1.807, 2.05) is 10.9 Å². The lowest BCUT2D eigenvalue weighted by Gasteiger charge is -2.09. The molecule has 0 fully saturated rings. The first-order valence-corrected chi connectivity index (χ1v) is 8.56. The summed E-state index contributed by atoms with van der Waals surface area (Å²) in [6.45, 7) is 3.38. The van der Waals surface area contributed by atoms with Crippen LogP contribution in [0.1, 0.15) is 33.5 Å². The predicted octanol–water partition coefficient (Wildman–Crippen LogP) is 1.75. The topological polar surface area (TPSA) is 136 Å². The summed E-state index contributed by atoms with van der Waals surface area (Å²) in [6, 6.07) is 6.59. The van der Waals surface area contributed by atoms with Crippen molar-refractivity contribution in [2.45, 2.75) is 13.8 Å². The lowest BCUT2D eigenvalue weighted by molar-refractivity contribution is -0.117. The van der Waals surface area contributed by atoms with Crippen LogP contribution in [0.2, 0.25) is 0 Å². The maximum atomic E-state index is 12.7. The molecule has 1 aromatic carbocycles. The number of benzene rings is 1. The number of amides is 2. The van der Waals surface area contributed by atoms with Crippen molar-refractivity contribution >= 4 is 23.8 Å². The van der Waals surface area contributed by atoms with Gasteiger partial charge in [0.15, 0.2) is 0 Å². The van der Waals surface area contributed by atoms with Gasteiger partial charge in [-0.25, -0.2) is 15.0 Å². The molecule has 1 aromatic heterocycles. The van der Waals surface area contributed by atoms with E-state index in [1.54, 1.807) is 38.1 Å². The molecule has 0 saturated heterocycles. The zero-order valence-corrected chi connectivity index (χ0v) is 16.4. The van der Waals surface area contributed by atoms with Gasteiger partial charge in [-0.05, 0) is 31.5 Å². The summed E-state index contributed by atoms with van der Waals surface area (Å²) >= 11 is 0. The monoisotopic (exact) mass is 403 g/mol. The molecular weight excluding hydrogens is 382 g/mol. The number of rotatable bonds is 6. The van der Waals surface area contributed by atoms with Crippen LogP contribution in [0.3, 0.4) is 0 Å². The molecular formula is C19H21N3O7. The molecule has 0 unspecified atom stereocenters. The van der Waals surface area contributed by atoms with E-state index in [4.69, 9.17) is 9.47 Å². The van der Waals surface area contributed by atoms with Crippen molar-refractivity contribution in [3.8, 4) is 16.9 Å². The average Bonchev–Trinajstić information content (AvgIpc) is 3.08. The zero-order valence-electron chi connectivity index (χ0n) is 16.4. The maximum Gasteiger partial charge on any atom is 0.425 e. The van der Waals surface area contributed by atoms with Gasteiger partial charge in [0, 0.05) is 11.3 Å². The number of ketones is 1. The summed E-state index contributed by atoms with van der Waals surface area (Å²) in [7, 11) is 2.61. The summed E-state index contributed by atoms with van der Waals surface area (Å²) < 4.78 is 14.5. The number of nitrogens with one attached hydrogen (secondary N) is 3. The number of hydrazine groups is 1. The van der Waals surface area contributed by atoms with Crippen molar-refractivity contribution in [1.82, 2.24) is 15.8 Å². The summed E-state index contributed by atoms with van der Waals surface area (Å²) in [6.07, 6.45) is -0.948. The highest BCUT2D eigenvalue weighted by atomic mass is 16.5. The molecule has 0 spiro atoms. The Hall–Kier alpha value is -3.82. The first-order chi connectivity index (χ1) is 13.8. The number of aromatic amines is 1. The lowest BCUT2D eigenvalue weighted by Crippen LogP contribution is -2.45. The number of methoxy groups -OCH3 is 2. The average molecular weight is 403 g/mol. The van der Waals surface area contributed by atoms with Crippen LogP contribution >= 0.6 is 0 Å². The van der Waals surface area contributed by atoms with Gasteiger partial charge in [0.1, 0.15) is 11.4 Å². The Morgan fingerprint density at radius 1 is 1.03 bits per heavy atom. The molecule has 1 heterocycles. The van der Waals surface area contributed by atoms with Gasteiger partial charge in [0.2, 0.25) is 0 Å². The third-order valence-electron chi connectivity index (χ3n) is 3.94. The third kappa shape index (κ3) is 4.72. The van der Waals surface area contributed by atoms with Crippen molar-refractivity contribution < 1.29 is 33.4 Å². The summed E-state index contributed by atoms with van der Waals surface area (Å²) in [5.41, 5.74) is 4.93. The number of ether oxygens (including phenoxy) is 3. The number of esters is 1. The van der Waals surface area contributed by atoms with Gasteiger partial charge in [-0.3, -0.25) is 15.0 Å². The zero-order chi connectivity index (χ0) is 21.6. The number of hydrogen-bond donors (Lipinski definition) is 3. The number of Topliss-reactive ketones (excluding diaryl/α,β-unsaturated/α-hetero) is 1. The molecule has 0 atom stereocenters. The van der Waals surface area contributed by atoms with E-state index < -0.39 is 23.8 Å². The van der Waals surface area contributed by atoms with Crippen molar-refractivity contribution in [3.05, 3.63) is 41.2 Å². The highest BCUT2D eigenvalue weighted by Gasteiger charge is 2.30. The van der Waals surface area contributed by atoms with Crippen LogP contribution in [0.15, 0.2) is 24.3 Å². The Balaban J connectivity index is 2.52. The third-order valence-corrected chi connectivity index (χ3v) is 3.94. The molecule has 154 valence electrons. The quantitative estimate of drug-likeness (QED) is 0.289. The van der Waals surface area contributed by atoms with Crippen molar-refractivity contribution in [1.29, 1.82) is 0 Å². The number of aryl methyl sites for hydroxylation is 1. The van der Waals surface area contributed by atoms with Gasteiger partial charge in [-0.1, -0.05) is 12.1 Å². The fourth-order valence-corrected chi connectivity index (χ4v) is 2.63. The van der Waals surface area contributed by atoms with Crippen LogP contribution in [-0.4, -0.2) is 49.6 Å². The standard InChI is InChI=1S/C19H21N3O7/c1-5-29-18(25)13-10(2)20-15(16(23)17(24)21-22-19(26)28-4)14(13)11-6-8-12(27-3)9-7-11/h6-9,20H,5H2,1-4H3,(H,21,24)(H,22,26). The minimum atomic E-state index is -1.12. The molecule has 0 bridgehead atoms. The molecule has 0 radical (unpaired) electrons. The lowest BCUT2D eigenvalue weighted by atomic mass is 9.98. The largest absolute Gasteiger partial charge is 0.497 e. The van der Waals surface area contributed by atoms with Gasteiger partial charge in [0.25, 0.3) is 5.78 Å². The molecule has 3 N–H and O–H groups in total. The number of H-pyrrole nitrogens is 1. The van der Waals surface area contributed by atoms with E-state index in [-0.39, 0.29) is 23.4 Å². The predicted molar refractivity (Wildman–Crippen MR) is 101 cm³/mol. The smallest absolute Gasteiger partial charge is 0.425 e. The number of carbonyl (C=O) groups excluding carboxylic acids is 4. The Morgan fingerprint density at radius 2 is 1.69 bits per heavy atom. The van der Waals surface area contributed by atoms with Gasteiger partial charge in [-0.15, -0.1) is 0 Å². The number of aromatic nitrogens is 1. The highest BCUT2D eigenvalue weighted by molar-refractivity contribution is 6.43. The molecule has 0 saturated carbocycles. The van der Waals surface area contributed by atoms with E-state index in [1.165, 1.54) is 7.11 Å². The van der Waals surface area contributed by atoms with Crippen LogP contribution in [-0.2, 0) is 14.3 Å². The van der Waals surface area contributed by atoms with E-state index in [9.17, 15) is 19.2 Å². The summed E-state index contributed by atoms with van der Waals surface area (Å²) in [4.78, 5) is 51.2. The van der Waals surface area contributed by atoms with Crippen LogP contribution in [0, 0.1) is 6.92 Å². The molecule has 10 nitrogen and oxygen atoms in total. The molecule has 2 aromatic rings. The van der Waals surface area contributed by atoms with Crippen molar-refractivity contribution in [3.63, 3.8) is 0 Å². The minimum absolute atomic E-state index is 0.125. The number of carbonyl (C=O) groups is 4. The van der Waals surface area contributed by atoms with Crippen LogP contribution in [0.4, 0.5) is 4.79 Å². The normalized spacial score (nSPS) is 10.1. The van der Waals surface area contributed by atoms with Crippen molar-refractivity contribution in [2.75, 3.05) is 20.8 Å². The fraction of sp³-hybridized carbons (Fsp3) is 0.263. The molecule has 2 rings (SSSR count). The molecule has 0 aliphatic heterocycles. The Labute approximate surface area is 166 Å². The van der Waals surface area contributed by atoms with E-state index in [0.29, 0.717) is 17.0 Å². The molecule has 0 aliphatic carbocycles. The molecule has 10 heteroatoms. The van der Waals surface area contributed by atoms with Gasteiger partial charge >= 0.3 is 18.0 Å². The molecule has 2 amide bonds. The first-order valence-electron chi connectivity index (χ1n) is 8.56. The van der Waals surface area contributed by atoms with Crippen LogP contribution in [0.5, 0.6) is 5.75 Å². The van der Waals surface area contributed by atoms with Crippen LogP contribution < -0.4 is 15.6 Å². The minimum Gasteiger partial charge on any atom is -0.497 e. The Kier molecular flexibility index (Phi) is 6.96. The summed E-state index contributed by atoms with van der Waals surface area (Å²) in [5, 5.41) is 0. The number of hydrogen-bond acceptors (Lipinski definition) is 7. The Morgan fingerprint density at radius 3 is 2.24 bits per heavy atom. The SMILES string of the molecule is CCOC(=O)c1c(C)[nH]c(C(=O)C(=O)NNC(=O)OC)c1-c1ccc(OC)cc1. The van der Waals surface area contributed by atoms with Gasteiger partial charge < -0.3 is 19.2 Å². The second kappa shape index (κ2) is 9.40. The van der Waals surface area contributed by atoms with E-state index in [2.05, 4.69) is 9.72 Å². The van der Waals surface area contributed by atoms with Crippen LogP contribution in [0.25, 0.3) is 11.1 Å². The maximum absolute atomic E-state index is 12.7. The molecule has 0 aliphatic rings. The first kappa shape index (κ1) is 21.5. The second-order valence-electron chi connectivity index (χ2n) is 5.72. The highest BCUT2D eigenvalue weighted by Crippen LogP contribution is 2.32. The second-order valence-corrected chi connectivity index (χ2v) is 5.72. The fourth-order valence-electron chi connectivity index (χ4n) is 2.63. The van der Waals surface area contributed by atoms with Gasteiger partial charge in [0.05, 0.1) is 26.4 Å². The van der Waals surface area contributed by atoms with E-state index >= 15 is 0 Å².